The van der Waals surface area contributed by atoms with E-state index in [2.05, 4.69) is 31.0 Å². The zero-order valence-corrected chi connectivity index (χ0v) is 19.8. The summed E-state index contributed by atoms with van der Waals surface area (Å²) >= 11 is 7.38. The summed E-state index contributed by atoms with van der Waals surface area (Å²) in [6, 6.07) is 14.6. The van der Waals surface area contributed by atoms with Crippen molar-refractivity contribution in [2.75, 3.05) is 7.11 Å². The molecule has 0 saturated carbocycles. The molecular formula is C25H23ClN2O3S. The highest BCUT2D eigenvalue weighted by Gasteiger charge is 2.33. The lowest BCUT2D eigenvalue weighted by atomic mass is 9.96. The molecule has 1 aliphatic heterocycles. The molecule has 0 radical (unpaired) electrons. The van der Waals surface area contributed by atoms with Gasteiger partial charge in [-0.15, -0.1) is 0 Å². The Balaban J connectivity index is 1.91. The molecule has 0 aliphatic carbocycles. The Labute approximate surface area is 195 Å². The molecule has 0 spiro atoms. The predicted molar refractivity (Wildman–Crippen MR) is 128 cm³/mol. The van der Waals surface area contributed by atoms with Gasteiger partial charge in [0.2, 0.25) is 0 Å². The molecule has 5 nitrogen and oxygen atoms in total. The SMILES string of the molecule is COC(=O)C1=C(C)N=c2s/c(=C/c3ccc(C(C)C)cc3)c(=O)n2C1c1ccc(Cl)cc1. The maximum absolute atomic E-state index is 13.5. The smallest absolute Gasteiger partial charge is 0.338 e. The van der Waals surface area contributed by atoms with Crippen LogP contribution in [0.3, 0.4) is 0 Å². The summed E-state index contributed by atoms with van der Waals surface area (Å²) in [5.74, 6) is -0.0711. The third kappa shape index (κ3) is 4.08. The molecule has 2 aromatic carbocycles. The number of carbonyl (C=O) groups excluding carboxylic acids is 1. The molecule has 2 heterocycles. The third-order valence-corrected chi connectivity index (χ3v) is 6.75. The zero-order chi connectivity index (χ0) is 23.0. The van der Waals surface area contributed by atoms with E-state index in [0.717, 1.165) is 11.1 Å². The van der Waals surface area contributed by atoms with Gasteiger partial charge in [-0.3, -0.25) is 9.36 Å². The predicted octanol–water partition coefficient (Wildman–Crippen LogP) is 4.19. The Morgan fingerprint density at radius 1 is 1.16 bits per heavy atom. The second-order valence-corrected chi connectivity index (χ2v) is 9.39. The molecular weight excluding hydrogens is 444 g/mol. The first-order valence-corrected chi connectivity index (χ1v) is 11.5. The highest BCUT2D eigenvalue weighted by atomic mass is 35.5. The van der Waals surface area contributed by atoms with Crippen LogP contribution < -0.4 is 14.9 Å². The molecule has 32 heavy (non-hydrogen) atoms. The van der Waals surface area contributed by atoms with Crippen LogP contribution in [-0.2, 0) is 9.53 Å². The van der Waals surface area contributed by atoms with Gasteiger partial charge < -0.3 is 4.74 Å². The van der Waals surface area contributed by atoms with Crippen molar-refractivity contribution in [3.8, 4) is 0 Å². The number of hydrogen-bond donors (Lipinski definition) is 0. The Morgan fingerprint density at radius 2 is 1.81 bits per heavy atom. The van der Waals surface area contributed by atoms with Crippen molar-refractivity contribution < 1.29 is 9.53 Å². The van der Waals surface area contributed by atoms with E-state index in [9.17, 15) is 9.59 Å². The summed E-state index contributed by atoms with van der Waals surface area (Å²) in [6.45, 7) is 6.05. The topological polar surface area (TPSA) is 60.7 Å². The summed E-state index contributed by atoms with van der Waals surface area (Å²) in [4.78, 5) is 31.2. The standard InChI is InChI=1S/C25H23ClN2O3S/c1-14(2)17-7-5-16(6-8-17)13-20-23(29)28-22(18-9-11-19(26)12-10-18)21(24(30)31-4)15(3)27-25(28)32-20/h5-14,22H,1-4H3/b20-13+. The number of allylic oxidation sites excluding steroid dienone is 1. The Kier molecular flexibility index (Phi) is 6.17. The largest absolute Gasteiger partial charge is 0.466 e. The molecule has 0 amide bonds. The number of fused-ring (bicyclic) bond motifs is 1. The molecule has 0 bridgehead atoms. The number of carbonyl (C=O) groups is 1. The quantitative estimate of drug-likeness (QED) is 0.542. The number of aromatic nitrogens is 1. The first kappa shape index (κ1) is 22.2. The minimum Gasteiger partial charge on any atom is -0.466 e. The van der Waals surface area contributed by atoms with Gasteiger partial charge in [0.1, 0.15) is 0 Å². The minimum absolute atomic E-state index is 0.199. The first-order valence-electron chi connectivity index (χ1n) is 10.3. The van der Waals surface area contributed by atoms with Gasteiger partial charge in [-0.1, -0.05) is 73.2 Å². The maximum Gasteiger partial charge on any atom is 0.338 e. The second kappa shape index (κ2) is 8.88. The van der Waals surface area contributed by atoms with Gasteiger partial charge in [0.15, 0.2) is 4.80 Å². The van der Waals surface area contributed by atoms with Crippen LogP contribution in [0.2, 0.25) is 5.02 Å². The van der Waals surface area contributed by atoms with E-state index >= 15 is 0 Å². The number of thiazole rings is 1. The molecule has 1 aromatic heterocycles. The van der Waals surface area contributed by atoms with Crippen molar-refractivity contribution in [3.05, 3.63) is 101 Å². The molecule has 0 saturated heterocycles. The summed E-state index contributed by atoms with van der Waals surface area (Å²) in [5, 5.41) is 0.575. The minimum atomic E-state index is -0.638. The van der Waals surface area contributed by atoms with Crippen LogP contribution in [0.4, 0.5) is 0 Å². The van der Waals surface area contributed by atoms with Crippen molar-refractivity contribution >= 4 is 35.0 Å². The Bertz CT molecular complexity index is 1380. The number of methoxy groups -OCH3 is 1. The van der Waals surface area contributed by atoms with E-state index in [0.29, 0.717) is 31.5 Å². The molecule has 0 N–H and O–H groups in total. The molecule has 3 aromatic rings. The van der Waals surface area contributed by atoms with Gasteiger partial charge in [0, 0.05) is 5.02 Å². The number of halogens is 1. The summed E-state index contributed by atoms with van der Waals surface area (Å²) < 4.78 is 7.15. The van der Waals surface area contributed by atoms with Crippen LogP contribution in [0.1, 0.15) is 49.4 Å². The molecule has 0 fully saturated rings. The van der Waals surface area contributed by atoms with E-state index in [1.165, 1.54) is 24.0 Å². The molecule has 164 valence electrons. The zero-order valence-electron chi connectivity index (χ0n) is 18.3. The van der Waals surface area contributed by atoms with E-state index in [4.69, 9.17) is 16.3 Å². The van der Waals surface area contributed by atoms with Gasteiger partial charge in [-0.2, -0.15) is 0 Å². The van der Waals surface area contributed by atoms with E-state index in [1.807, 2.05) is 30.3 Å². The maximum atomic E-state index is 13.5. The van der Waals surface area contributed by atoms with Crippen molar-refractivity contribution in [1.29, 1.82) is 0 Å². The number of ether oxygens (including phenoxy) is 1. The number of benzene rings is 2. The van der Waals surface area contributed by atoms with Crippen molar-refractivity contribution in [1.82, 2.24) is 4.57 Å². The average Bonchev–Trinajstić information content (AvgIpc) is 3.08. The summed E-state index contributed by atoms with van der Waals surface area (Å²) in [5.41, 5.74) is 3.62. The Hall–Kier alpha value is -2.96. The first-order chi connectivity index (χ1) is 15.3. The van der Waals surface area contributed by atoms with Crippen molar-refractivity contribution in [2.24, 2.45) is 4.99 Å². The van der Waals surface area contributed by atoms with Crippen molar-refractivity contribution in [2.45, 2.75) is 32.7 Å². The average molecular weight is 467 g/mol. The summed E-state index contributed by atoms with van der Waals surface area (Å²) in [6.07, 6.45) is 1.87. The fraction of sp³-hybridized carbons (Fsp3) is 0.240. The van der Waals surface area contributed by atoms with Gasteiger partial charge in [0.25, 0.3) is 5.56 Å². The third-order valence-electron chi connectivity index (χ3n) is 5.51. The van der Waals surface area contributed by atoms with Crippen LogP contribution in [0, 0.1) is 0 Å². The highest BCUT2D eigenvalue weighted by Crippen LogP contribution is 2.31. The van der Waals surface area contributed by atoms with E-state index in [1.54, 1.807) is 23.6 Å². The number of nitrogens with zero attached hydrogens (tertiary/aromatic N) is 2. The lowest BCUT2D eigenvalue weighted by Crippen LogP contribution is -2.39. The van der Waals surface area contributed by atoms with Gasteiger partial charge in [0.05, 0.1) is 29.0 Å². The highest BCUT2D eigenvalue weighted by molar-refractivity contribution is 7.07. The fourth-order valence-electron chi connectivity index (χ4n) is 3.78. The molecule has 4 rings (SSSR count). The number of esters is 1. The monoisotopic (exact) mass is 466 g/mol. The van der Waals surface area contributed by atoms with Crippen LogP contribution in [0.15, 0.2) is 69.6 Å². The second-order valence-electron chi connectivity index (χ2n) is 7.95. The van der Waals surface area contributed by atoms with Gasteiger partial charge in [-0.05, 0) is 47.7 Å². The van der Waals surface area contributed by atoms with Gasteiger partial charge in [-0.25, -0.2) is 9.79 Å². The molecule has 7 heteroatoms. The van der Waals surface area contributed by atoms with Crippen LogP contribution in [0.25, 0.3) is 6.08 Å². The van der Waals surface area contributed by atoms with Crippen molar-refractivity contribution in [3.63, 3.8) is 0 Å². The lowest BCUT2D eigenvalue weighted by molar-refractivity contribution is -0.136. The molecule has 1 aliphatic rings. The lowest BCUT2D eigenvalue weighted by Gasteiger charge is -2.24. The van der Waals surface area contributed by atoms with Crippen LogP contribution >= 0.6 is 22.9 Å². The normalized spacial score (nSPS) is 16.2. The number of hydrogen-bond acceptors (Lipinski definition) is 5. The molecule has 1 atom stereocenters. The number of rotatable bonds is 4. The van der Waals surface area contributed by atoms with Gasteiger partial charge >= 0.3 is 5.97 Å². The fourth-order valence-corrected chi connectivity index (χ4v) is 4.95. The van der Waals surface area contributed by atoms with E-state index in [-0.39, 0.29) is 5.56 Å². The van der Waals surface area contributed by atoms with Crippen LogP contribution in [0.5, 0.6) is 0 Å². The van der Waals surface area contributed by atoms with E-state index < -0.39 is 12.0 Å². The van der Waals surface area contributed by atoms with Crippen LogP contribution in [-0.4, -0.2) is 17.6 Å². The molecule has 1 unspecified atom stereocenters. The summed E-state index contributed by atoms with van der Waals surface area (Å²) in [7, 11) is 1.33. The Morgan fingerprint density at radius 3 is 2.41 bits per heavy atom.